The Balaban J connectivity index is 3.70. The molecule has 15 heavy (non-hydrogen) atoms. The molecule has 0 N–H and O–H groups in total. The van der Waals surface area contributed by atoms with Crippen molar-refractivity contribution >= 4 is 6.09 Å². The van der Waals surface area contributed by atoms with Crippen LogP contribution in [0.4, 0.5) is 18.0 Å². The first-order valence-corrected chi connectivity index (χ1v) is 4.81. The second kappa shape index (κ2) is 6.53. The fraction of sp³-hybridized carbons (Fsp3) is 0.889. The highest BCUT2D eigenvalue weighted by Gasteiger charge is 2.30. The third-order valence-corrected chi connectivity index (χ3v) is 1.77. The zero-order chi connectivity index (χ0) is 11.9. The molecule has 3 nitrogen and oxygen atoms in total. The molecule has 0 saturated carbocycles. The van der Waals surface area contributed by atoms with Gasteiger partial charge in [0.25, 0.3) is 0 Å². The Morgan fingerprint density at radius 3 is 2.40 bits per heavy atom. The quantitative estimate of drug-likeness (QED) is 0.676. The molecule has 0 aromatic carbocycles. The van der Waals surface area contributed by atoms with Gasteiger partial charge in [0, 0.05) is 13.6 Å². The van der Waals surface area contributed by atoms with Crippen molar-refractivity contribution in [2.75, 3.05) is 20.2 Å². The van der Waals surface area contributed by atoms with E-state index in [1.54, 1.807) is 0 Å². The van der Waals surface area contributed by atoms with Gasteiger partial charge in [-0.25, -0.2) is 4.79 Å². The van der Waals surface area contributed by atoms with E-state index in [0.717, 1.165) is 24.2 Å². The fourth-order valence-corrected chi connectivity index (χ4v) is 0.944. The van der Waals surface area contributed by atoms with Crippen molar-refractivity contribution in [2.24, 2.45) is 0 Å². The molecule has 6 heteroatoms. The third-order valence-electron chi connectivity index (χ3n) is 1.77. The Hall–Kier alpha value is -0.940. The SMILES string of the molecule is CCCCCN(C)C(=O)OCC(F)(F)F. The van der Waals surface area contributed by atoms with Gasteiger partial charge in [-0.05, 0) is 6.42 Å². The van der Waals surface area contributed by atoms with Crippen molar-refractivity contribution in [1.29, 1.82) is 0 Å². The van der Waals surface area contributed by atoms with Crippen LogP contribution in [0.3, 0.4) is 0 Å². The number of hydrogen-bond acceptors (Lipinski definition) is 2. The maximum absolute atomic E-state index is 11.7. The number of nitrogens with zero attached hydrogens (tertiary/aromatic N) is 1. The summed E-state index contributed by atoms with van der Waals surface area (Å²) in [4.78, 5) is 12.1. The van der Waals surface area contributed by atoms with Gasteiger partial charge in [-0.2, -0.15) is 13.2 Å². The Bertz CT molecular complexity index is 194. The highest BCUT2D eigenvalue weighted by Crippen LogP contribution is 2.14. The minimum atomic E-state index is -4.46. The molecule has 0 saturated heterocycles. The van der Waals surface area contributed by atoms with E-state index in [9.17, 15) is 18.0 Å². The van der Waals surface area contributed by atoms with Crippen LogP contribution < -0.4 is 0 Å². The molecule has 0 spiro atoms. The summed E-state index contributed by atoms with van der Waals surface area (Å²) in [6.45, 7) is 0.899. The Kier molecular flexibility index (Phi) is 6.12. The maximum Gasteiger partial charge on any atom is 0.422 e. The normalized spacial score (nSPS) is 11.3. The first kappa shape index (κ1) is 14.1. The van der Waals surface area contributed by atoms with Crippen LogP contribution in [0.1, 0.15) is 26.2 Å². The summed E-state index contributed by atoms with van der Waals surface area (Å²) in [5, 5.41) is 0. The second-order valence-corrected chi connectivity index (χ2v) is 3.30. The average molecular weight is 227 g/mol. The van der Waals surface area contributed by atoms with Gasteiger partial charge in [0.1, 0.15) is 0 Å². The number of carbonyl (C=O) groups is 1. The molecular weight excluding hydrogens is 211 g/mol. The van der Waals surface area contributed by atoms with Gasteiger partial charge in [0.05, 0.1) is 0 Å². The van der Waals surface area contributed by atoms with Gasteiger partial charge in [0.2, 0.25) is 0 Å². The van der Waals surface area contributed by atoms with Crippen LogP contribution in [0.2, 0.25) is 0 Å². The van der Waals surface area contributed by atoms with Gasteiger partial charge >= 0.3 is 12.3 Å². The first-order valence-electron chi connectivity index (χ1n) is 4.81. The van der Waals surface area contributed by atoms with Crippen molar-refractivity contribution in [3.63, 3.8) is 0 Å². The fourth-order valence-electron chi connectivity index (χ4n) is 0.944. The molecule has 90 valence electrons. The molecule has 0 aromatic heterocycles. The van der Waals surface area contributed by atoms with E-state index < -0.39 is 18.9 Å². The van der Waals surface area contributed by atoms with Gasteiger partial charge in [-0.15, -0.1) is 0 Å². The van der Waals surface area contributed by atoms with Crippen molar-refractivity contribution in [3.8, 4) is 0 Å². The number of halogens is 3. The molecule has 1 amide bonds. The molecule has 0 aromatic rings. The first-order chi connectivity index (χ1) is 6.87. The lowest BCUT2D eigenvalue weighted by atomic mass is 10.2. The Morgan fingerprint density at radius 2 is 1.93 bits per heavy atom. The van der Waals surface area contributed by atoms with Crippen LogP contribution in [0, 0.1) is 0 Å². The highest BCUT2D eigenvalue weighted by molar-refractivity contribution is 5.67. The lowest BCUT2D eigenvalue weighted by Crippen LogP contribution is -2.31. The lowest BCUT2D eigenvalue weighted by Gasteiger charge is -2.17. The van der Waals surface area contributed by atoms with E-state index in [-0.39, 0.29) is 0 Å². The predicted molar refractivity (Wildman–Crippen MR) is 49.6 cm³/mol. The van der Waals surface area contributed by atoms with Crippen molar-refractivity contribution in [3.05, 3.63) is 0 Å². The van der Waals surface area contributed by atoms with Crippen LogP contribution in [0.25, 0.3) is 0 Å². The largest absolute Gasteiger partial charge is 0.440 e. The van der Waals surface area contributed by atoms with E-state index in [2.05, 4.69) is 4.74 Å². The molecule has 0 atom stereocenters. The number of amides is 1. The molecule has 0 heterocycles. The summed E-state index contributed by atoms with van der Waals surface area (Å²) in [7, 11) is 1.42. The maximum atomic E-state index is 11.7. The molecular formula is C9H16F3NO2. The van der Waals surface area contributed by atoms with Crippen LogP contribution in [0.15, 0.2) is 0 Å². The van der Waals surface area contributed by atoms with Crippen LogP contribution in [-0.4, -0.2) is 37.4 Å². The molecule has 0 unspecified atom stereocenters. The molecule has 0 bridgehead atoms. The Morgan fingerprint density at radius 1 is 1.33 bits per heavy atom. The molecule has 0 fully saturated rings. The zero-order valence-electron chi connectivity index (χ0n) is 8.93. The zero-order valence-corrected chi connectivity index (χ0v) is 8.93. The number of rotatable bonds is 5. The van der Waals surface area contributed by atoms with Gasteiger partial charge in [0.15, 0.2) is 6.61 Å². The summed E-state index contributed by atoms with van der Waals surface area (Å²) < 4.78 is 39.1. The van der Waals surface area contributed by atoms with Crippen molar-refractivity contribution in [1.82, 2.24) is 4.90 Å². The monoisotopic (exact) mass is 227 g/mol. The number of alkyl halides is 3. The van der Waals surface area contributed by atoms with Gasteiger partial charge < -0.3 is 9.64 Å². The van der Waals surface area contributed by atoms with Gasteiger partial charge in [-0.1, -0.05) is 19.8 Å². The summed E-state index contributed by atoms with van der Waals surface area (Å²) in [6, 6.07) is 0. The summed E-state index contributed by atoms with van der Waals surface area (Å²) in [5.41, 5.74) is 0. The minimum Gasteiger partial charge on any atom is -0.440 e. The van der Waals surface area contributed by atoms with Crippen LogP contribution in [0.5, 0.6) is 0 Å². The van der Waals surface area contributed by atoms with E-state index >= 15 is 0 Å². The van der Waals surface area contributed by atoms with E-state index in [1.807, 2.05) is 6.92 Å². The summed E-state index contributed by atoms with van der Waals surface area (Å²) >= 11 is 0. The lowest BCUT2D eigenvalue weighted by molar-refractivity contribution is -0.162. The van der Waals surface area contributed by atoms with E-state index in [0.29, 0.717) is 6.54 Å². The van der Waals surface area contributed by atoms with Crippen LogP contribution in [-0.2, 0) is 4.74 Å². The Labute approximate surface area is 87.2 Å². The van der Waals surface area contributed by atoms with Crippen molar-refractivity contribution < 1.29 is 22.7 Å². The molecule has 0 rings (SSSR count). The predicted octanol–water partition coefficient (Wildman–Crippen LogP) is 2.81. The minimum absolute atomic E-state index is 0.421. The number of carbonyl (C=O) groups excluding carboxylic acids is 1. The van der Waals surface area contributed by atoms with Gasteiger partial charge in [-0.3, -0.25) is 0 Å². The number of ether oxygens (including phenoxy) is 1. The third kappa shape index (κ3) is 8.08. The summed E-state index contributed by atoms with van der Waals surface area (Å²) in [5.74, 6) is 0. The van der Waals surface area contributed by atoms with E-state index in [4.69, 9.17) is 0 Å². The summed E-state index contributed by atoms with van der Waals surface area (Å²) in [6.07, 6.45) is -2.68. The molecule has 0 aliphatic carbocycles. The smallest absolute Gasteiger partial charge is 0.422 e. The number of unbranched alkanes of at least 4 members (excludes halogenated alkanes) is 2. The molecule has 0 aliphatic rings. The molecule has 0 radical (unpaired) electrons. The van der Waals surface area contributed by atoms with E-state index in [1.165, 1.54) is 7.05 Å². The highest BCUT2D eigenvalue weighted by atomic mass is 19.4. The second-order valence-electron chi connectivity index (χ2n) is 3.30. The molecule has 0 aliphatic heterocycles. The van der Waals surface area contributed by atoms with Crippen LogP contribution >= 0.6 is 0 Å². The average Bonchev–Trinajstić information content (AvgIpc) is 2.13. The van der Waals surface area contributed by atoms with Crippen molar-refractivity contribution in [2.45, 2.75) is 32.4 Å². The standard InChI is InChI=1S/C9H16F3NO2/c1-3-4-5-6-13(2)8(14)15-7-9(10,11)12/h3-7H2,1-2H3. The topological polar surface area (TPSA) is 29.5 Å². The number of hydrogen-bond donors (Lipinski definition) is 0.